The number of aryl methyl sites for hydroxylation is 3. The summed E-state index contributed by atoms with van der Waals surface area (Å²) in [6.07, 6.45) is 3.43. The summed E-state index contributed by atoms with van der Waals surface area (Å²) in [5, 5.41) is 7.22. The lowest BCUT2D eigenvalue weighted by molar-refractivity contribution is -0.121. The molecule has 2 N–H and O–H groups in total. The molecule has 0 spiro atoms. The van der Waals surface area contributed by atoms with Gasteiger partial charge in [0.1, 0.15) is 22.5 Å². The maximum absolute atomic E-state index is 11.9. The molecule has 0 saturated carbocycles. The van der Waals surface area contributed by atoms with Crippen LogP contribution in [-0.4, -0.2) is 28.5 Å². The van der Waals surface area contributed by atoms with Crippen LogP contribution in [-0.2, 0) is 17.6 Å². The van der Waals surface area contributed by atoms with E-state index in [2.05, 4.69) is 20.6 Å². The van der Waals surface area contributed by atoms with Crippen molar-refractivity contribution in [3.63, 3.8) is 0 Å². The first-order valence-corrected chi connectivity index (χ1v) is 8.25. The molecule has 2 aromatic heterocycles. The van der Waals surface area contributed by atoms with Gasteiger partial charge in [0.25, 0.3) is 0 Å². The summed E-state index contributed by atoms with van der Waals surface area (Å²) in [5.41, 5.74) is 1.38. The molecule has 2 aromatic rings. The molecule has 0 aliphatic heterocycles. The Morgan fingerprint density at radius 2 is 2.19 bits per heavy atom. The quantitative estimate of drug-likeness (QED) is 0.910. The molecule has 112 valence electrons. The van der Waals surface area contributed by atoms with Gasteiger partial charge in [0.05, 0.1) is 5.39 Å². The highest BCUT2D eigenvalue weighted by molar-refractivity contribution is 7.19. The van der Waals surface area contributed by atoms with Crippen molar-refractivity contribution in [1.82, 2.24) is 15.3 Å². The molecular formula is C15H20N4OS. The van der Waals surface area contributed by atoms with Crippen LogP contribution in [0.15, 0.2) is 0 Å². The second-order valence-electron chi connectivity index (χ2n) is 5.42. The average Bonchev–Trinajstić information content (AvgIpc) is 2.98. The second kappa shape index (κ2) is 5.60. The molecule has 5 nitrogen and oxygen atoms in total. The average molecular weight is 304 g/mol. The van der Waals surface area contributed by atoms with E-state index in [1.54, 1.807) is 11.3 Å². The van der Waals surface area contributed by atoms with Crippen molar-refractivity contribution < 1.29 is 4.79 Å². The Hall–Kier alpha value is -1.69. The summed E-state index contributed by atoms with van der Waals surface area (Å²) < 4.78 is 0. The van der Waals surface area contributed by atoms with Crippen molar-refractivity contribution in [2.45, 2.75) is 46.1 Å². The minimum Gasteiger partial charge on any atom is -0.358 e. The van der Waals surface area contributed by atoms with E-state index in [0.717, 1.165) is 34.7 Å². The van der Waals surface area contributed by atoms with Crippen molar-refractivity contribution in [2.24, 2.45) is 0 Å². The van der Waals surface area contributed by atoms with Crippen LogP contribution in [0.3, 0.4) is 0 Å². The van der Waals surface area contributed by atoms with Crippen LogP contribution in [0.1, 0.15) is 36.5 Å². The summed E-state index contributed by atoms with van der Waals surface area (Å²) in [6.45, 7) is 6.31. The van der Waals surface area contributed by atoms with Crippen LogP contribution in [0.2, 0.25) is 0 Å². The highest BCUT2D eigenvalue weighted by Gasteiger charge is 2.23. The molecule has 1 atom stereocenters. The van der Waals surface area contributed by atoms with E-state index in [9.17, 15) is 4.79 Å². The third-order valence-electron chi connectivity index (χ3n) is 3.77. The number of amides is 1. The summed E-state index contributed by atoms with van der Waals surface area (Å²) >= 11 is 1.77. The Morgan fingerprint density at radius 1 is 1.38 bits per heavy atom. The highest BCUT2D eigenvalue weighted by Crippen LogP contribution is 2.39. The molecule has 2 heterocycles. The van der Waals surface area contributed by atoms with Gasteiger partial charge in [-0.25, -0.2) is 9.97 Å². The molecule has 0 saturated heterocycles. The van der Waals surface area contributed by atoms with Crippen molar-refractivity contribution >= 4 is 33.3 Å². The summed E-state index contributed by atoms with van der Waals surface area (Å²) in [4.78, 5) is 23.5. The van der Waals surface area contributed by atoms with Crippen LogP contribution < -0.4 is 10.6 Å². The van der Waals surface area contributed by atoms with Gasteiger partial charge in [-0.15, -0.1) is 11.3 Å². The van der Waals surface area contributed by atoms with Crippen LogP contribution in [0.25, 0.3) is 10.2 Å². The van der Waals surface area contributed by atoms with Crippen molar-refractivity contribution in [1.29, 1.82) is 0 Å². The van der Waals surface area contributed by atoms with Gasteiger partial charge in [0.2, 0.25) is 5.91 Å². The molecule has 0 aromatic carbocycles. The fourth-order valence-corrected chi connectivity index (χ4v) is 4.11. The standard InChI is InChI=1S/C15H20N4OS/c1-4-16-14(20)8(2)17-13-12-10-6-5-7-11(10)21-15(12)19-9(3)18-13/h8H,4-7H2,1-3H3,(H,16,20)(H,17,18,19)/t8-/m0/s1. The predicted molar refractivity (Wildman–Crippen MR) is 85.9 cm³/mol. The molecule has 3 rings (SSSR count). The van der Waals surface area contributed by atoms with Gasteiger partial charge in [-0.3, -0.25) is 4.79 Å². The molecule has 0 radical (unpaired) electrons. The number of aromatic nitrogens is 2. The molecule has 6 heteroatoms. The highest BCUT2D eigenvalue weighted by atomic mass is 32.1. The number of thiophene rings is 1. The first-order chi connectivity index (χ1) is 10.1. The summed E-state index contributed by atoms with van der Waals surface area (Å²) in [7, 11) is 0. The Morgan fingerprint density at radius 3 is 2.95 bits per heavy atom. The Kier molecular flexibility index (Phi) is 3.80. The van der Waals surface area contributed by atoms with E-state index in [-0.39, 0.29) is 11.9 Å². The molecule has 0 unspecified atom stereocenters. The van der Waals surface area contributed by atoms with E-state index < -0.39 is 0 Å². The van der Waals surface area contributed by atoms with Crippen LogP contribution in [0, 0.1) is 6.92 Å². The lowest BCUT2D eigenvalue weighted by atomic mass is 10.2. The van der Waals surface area contributed by atoms with E-state index in [0.29, 0.717) is 6.54 Å². The molecule has 1 amide bonds. The van der Waals surface area contributed by atoms with Gasteiger partial charge in [0.15, 0.2) is 0 Å². The normalized spacial score (nSPS) is 15.0. The maximum atomic E-state index is 11.9. The lowest BCUT2D eigenvalue weighted by Gasteiger charge is -2.15. The predicted octanol–water partition coefficient (Wildman–Crippen LogP) is 2.42. The zero-order chi connectivity index (χ0) is 15.0. The first-order valence-electron chi connectivity index (χ1n) is 7.43. The fourth-order valence-electron chi connectivity index (χ4n) is 2.80. The number of rotatable bonds is 4. The Balaban J connectivity index is 1.99. The third kappa shape index (κ3) is 2.60. The van der Waals surface area contributed by atoms with E-state index in [4.69, 9.17) is 0 Å². The van der Waals surface area contributed by atoms with Gasteiger partial charge in [-0.05, 0) is 45.6 Å². The Labute approximate surface area is 128 Å². The van der Waals surface area contributed by atoms with Crippen molar-refractivity contribution in [2.75, 3.05) is 11.9 Å². The van der Waals surface area contributed by atoms with Crippen LogP contribution >= 0.6 is 11.3 Å². The Bertz CT molecular complexity index is 695. The number of carbonyl (C=O) groups excluding carboxylic acids is 1. The lowest BCUT2D eigenvalue weighted by Crippen LogP contribution is -2.37. The van der Waals surface area contributed by atoms with E-state index >= 15 is 0 Å². The number of nitrogens with one attached hydrogen (secondary N) is 2. The number of hydrogen-bond acceptors (Lipinski definition) is 5. The topological polar surface area (TPSA) is 66.9 Å². The zero-order valence-electron chi connectivity index (χ0n) is 12.6. The first kappa shape index (κ1) is 14.3. The number of nitrogens with zero attached hydrogens (tertiary/aromatic N) is 2. The minimum atomic E-state index is -0.306. The molecule has 1 aliphatic rings. The summed E-state index contributed by atoms with van der Waals surface area (Å²) in [6, 6.07) is -0.306. The zero-order valence-corrected chi connectivity index (χ0v) is 13.4. The second-order valence-corrected chi connectivity index (χ2v) is 6.50. The SMILES string of the molecule is CCNC(=O)[C@H](C)Nc1nc(C)nc2sc3c(c12)CCC3. The van der Waals surface area contributed by atoms with Gasteiger partial charge in [-0.1, -0.05) is 0 Å². The fraction of sp³-hybridized carbons (Fsp3) is 0.533. The molecule has 0 fully saturated rings. The van der Waals surface area contributed by atoms with Gasteiger partial charge in [0, 0.05) is 11.4 Å². The van der Waals surface area contributed by atoms with Crippen molar-refractivity contribution in [3.05, 3.63) is 16.3 Å². The van der Waals surface area contributed by atoms with Crippen LogP contribution in [0.5, 0.6) is 0 Å². The van der Waals surface area contributed by atoms with Crippen molar-refractivity contribution in [3.8, 4) is 0 Å². The molecule has 1 aliphatic carbocycles. The number of anilines is 1. The molecule has 0 bridgehead atoms. The monoisotopic (exact) mass is 304 g/mol. The number of likely N-dealkylation sites (N-methyl/N-ethyl adjacent to an activating group) is 1. The van der Waals surface area contributed by atoms with Crippen LogP contribution in [0.4, 0.5) is 5.82 Å². The summed E-state index contributed by atoms with van der Waals surface area (Å²) in [5.74, 6) is 1.54. The third-order valence-corrected chi connectivity index (χ3v) is 4.96. The van der Waals surface area contributed by atoms with Gasteiger partial charge in [-0.2, -0.15) is 0 Å². The number of fused-ring (bicyclic) bond motifs is 3. The number of carbonyl (C=O) groups is 1. The number of hydrogen-bond donors (Lipinski definition) is 2. The van der Waals surface area contributed by atoms with E-state index in [1.807, 2.05) is 20.8 Å². The minimum absolute atomic E-state index is 0.00575. The smallest absolute Gasteiger partial charge is 0.242 e. The van der Waals surface area contributed by atoms with Gasteiger partial charge < -0.3 is 10.6 Å². The molecule has 21 heavy (non-hydrogen) atoms. The largest absolute Gasteiger partial charge is 0.358 e. The van der Waals surface area contributed by atoms with E-state index in [1.165, 1.54) is 16.9 Å². The maximum Gasteiger partial charge on any atom is 0.242 e. The van der Waals surface area contributed by atoms with Gasteiger partial charge >= 0.3 is 0 Å². The molecular weight excluding hydrogens is 284 g/mol.